The Kier molecular flexibility index (Phi) is 5.90. The molecule has 0 aliphatic heterocycles. The molecular formula is C30H54. The highest BCUT2D eigenvalue weighted by atomic mass is 14.7. The van der Waals surface area contributed by atoms with Gasteiger partial charge in [-0.3, -0.25) is 0 Å². The highest BCUT2D eigenvalue weighted by Crippen LogP contribution is 2.71. The lowest BCUT2D eigenvalue weighted by molar-refractivity contribution is -0.147. The van der Waals surface area contributed by atoms with E-state index >= 15 is 0 Å². The molecule has 0 aromatic carbocycles. The van der Waals surface area contributed by atoms with Gasteiger partial charge in [-0.2, -0.15) is 0 Å². The fraction of sp³-hybridized carbons (Fsp3) is 0.867. The van der Waals surface area contributed by atoms with Gasteiger partial charge >= 0.3 is 0 Å². The van der Waals surface area contributed by atoms with Gasteiger partial charge in [-0.25, -0.2) is 0 Å². The van der Waals surface area contributed by atoms with Gasteiger partial charge < -0.3 is 0 Å². The summed E-state index contributed by atoms with van der Waals surface area (Å²) in [6.07, 6.45) is 21.0. The van der Waals surface area contributed by atoms with Gasteiger partial charge in [-0.15, -0.1) is 6.58 Å². The molecule has 4 rings (SSSR count). The van der Waals surface area contributed by atoms with Crippen molar-refractivity contribution in [3.63, 3.8) is 0 Å². The lowest BCUT2D eigenvalue weighted by Gasteiger charge is -2.65. The molecule has 0 N–H and O–H groups in total. The lowest BCUT2D eigenvalue weighted by Crippen LogP contribution is -2.57. The van der Waals surface area contributed by atoms with Gasteiger partial charge in [0.1, 0.15) is 0 Å². The monoisotopic (exact) mass is 414 g/mol. The van der Waals surface area contributed by atoms with Crippen LogP contribution in [-0.4, -0.2) is 0 Å². The fourth-order valence-corrected chi connectivity index (χ4v) is 9.94. The molecule has 0 radical (unpaired) electrons. The molecule has 0 spiro atoms. The van der Waals surface area contributed by atoms with Gasteiger partial charge in [0.15, 0.2) is 0 Å². The second-order valence-corrected chi connectivity index (χ2v) is 12.8. The third kappa shape index (κ3) is 3.05. The zero-order chi connectivity index (χ0) is 21.8. The van der Waals surface area contributed by atoms with E-state index in [1.165, 1.54) is 89.0 Å². The van der Waals surface area contributed by atoms with Crippen molar-refractivity contribution in [2.45, 2.75) is 118 Å². The number of allylic oxidation sites excluding steroid dienone is 2. The number of hydrogen-bond acceptors (Lipinski definition) is 0. The van der Waals surface area contributed by atoms with Gasteiger partial charge in [0.05, 0.1) is 0 Å². The van der Waals surface area contributed by atoms with Crippen molar-refractivity contribution in [2.75, 3.05) is 0 Å². The number of rotatable bonds is 4. The average molecular weight is 415 g/mol. The Labute approximate surface area is 191 Å². The van der Waals surface area contributed by atoms with Crippen molar-refractivity contribution in [3.8, 4) is 0 Å². The molecule has 0 heterocycles. The summed E-state index contributed by atoms with van der Waals surface area (Å²) in [5.74, 6) is 3.55. The first-order valence-corrected chi connectivity index (χ1v) is 13.5. The normalized spacial score (nSPS) is 47.9. The molecule has 0 amide bonds. The van der Waals surface area contributed by atoms with E-state index in [0.717, 1.165) is 23.7 Å². The summed E-state index contributed by atoms with van der Waals surface area (Å²) in [7, 11) is 0. The lowest BCUT2D eigenvalue weighted by atomic mass is 9.39. The van der Waals surface area contributed by atoms with E-state index in [0.29, 0.717) is 21.7 Å². The first kappa shape index (κ1) is 22.7. The molecule has 0 aromatic heterocycles. The molecule has 4 fully saturated rings. The van der Waals surface area contributed by atoms with Crippen molar-refractivity contribution < 1.29 is 2.85 Å². The van der Waals surface area contributed by atoms with Crippen LogP contribution in [0.2, 0.25) is 0 Å². The van der Waals surface area contributed by atoms with Crippen LogP contribution in [0.15, 0.2) is 24.8 Å². The molecule has 0 aromatic rings. The first-order valence-electron chi connectivity index (χ1n) is 13.5. The molecule has 174 valence electrons. The van der Waals surface area contributed by atoms with E-state index in [1.807, 2.05) is 0 Å². The van der Waals surface area contributed by atoms with Crippen molar-refractivity contribution in [2.24, 2.45) is 45.3 Å². The SMILES string of the molecule is C=C[C@]12CC[C@H]3C4CCC[C@H](C(=C)C)C4(C)CC[C@@H]3[C@@]1(C)CCC(CC)(CC)CC2.[HH].[HH]. The molecule has 0 heteroatoms. The van der Waals surface area contributed by atoms with Gasteiger partial charge in [0.2, 0.25) is 0 Å². The van der Waals surface area contributed by atoms with Crippen LogP contribution in [0, 0.1) is 45.3 Å². The van der Waals surface area contributed by atoms with Crippen LogP contribution < -0.4 is 0 Å². The van der Waals surface area contributed by atoms with Crippen LogP contribution in [0.4, 0.5) is 0 Å². The zero-order valence-electron chi connectivity index (χ0n) is 21.0. The summed E-state index contributed by atoms with van der Waals surface area (Å²) in [6, 6.07) is 0. The topological polar surface area (TPSA) is 0 Å². The molecule has 7 atom stereocenters. The van der Waals surface area contributed by atoms with Crippen molar-refractivity contribution in [3.05, 3.63) is 24.8 Å². The standard InChI is InChI=1S/C30H50.2H2/c1-8-29(9-2)19-18-28(7)26-15-16-27(6)24(22(4)5)12-11-13-25(27)23(26)14-17-30(28,10-3)21-20-29;;/h10,23-26H,3-4,8-9,11-21H2,1-2,5-7H3;2*1H/t23-,24+,25?,26-,27?,28+,30+;;/m0../s1. The molecule has 0 bridgehead atoms. The Hall–Kier alpha value is -0.520. The van der Waals surface area contributed by atoms with Crippen LogP contribution in [0.25, 0.3) is 0 Å². The maximum absolute atomic E-state index is 4.50. The third-order valence-electron chi connectivity index (χ3n) is 12.3. The first-order chi connectivity index (χ1) is 14.2. The van der Waals surface area contributed by atoms with Gasteiger partial charge in [0, 0.05) is 2.85 Å². The van der Waals surface area contributed by atoms with Crippen LogP contribution in [0.5, 0.6) is 0 Å². The summed E-state index contributed by atoms with van der Waals surface area (Å²) in [6.45, 7) is 21.6. The third-order valence-corrected chi connectivity index (χ3v) is 12.3. The average Bonchev–Trinajstić information content (AvgIpc) is 2.87. The summed E-state index contributed by atoms with van der Waals surface area (Å²) in [5, 5.41) is 0. The molecule has 4 aliphatic rings. The van der Waals surface area contributed by atoms with E-state index in [2.05, 4.69) is 53.9 Å². The van der Waals surface area contributed by atoms with Crippen LogP contribution in [-0.2, 0) is 0 Å². The maximum Gasteiger partial charge on any atom is 0 e. The quantitative estimate of drug-likeness (QED) is 0.401. The van der Waals surface area contributed by atoms with E-state index in [4.69, 9.17) is 0 Å². The molecule has 2 unspecified atom stereocenters. The number of fused-ring (bicyclic) bond motifs is 5. The van der Waals surface area contributed by atoms with Crippen LogP contribution in [0.3, 0.4) is 0 Å². The summed E-state index contributed by atoms with van der Waals surface area (Å²) in [5.41, 5.74) is 3.41. The molecule has 0 saturated heterocycles. The molecule has 4 aliphatic carbocycles. The van der Waals surface area contributed by atoms with E-state index in [9.17, 15) is 0 Å². The van der Waals surface area contributed by atoms with E-state index in [1.54, 1.807) is 0 Å². The molecule has 0 nitrogen and oxygen atoms in total. The van der Waals surface area contributed by atoms with Gasteiger partial charge in [0.25, 0.3) is 0 Å². The second-order valence-electron chi connectivity index (χ2n) is 12.8. The Morgan fingerprint density at radius 1 is 0.900 bits per heavy atom. The molecular weight excluding hydrogens is 360 g/mol. The van der Waals surface area contributed by atoms with Gasteiger partial charge in [-0.05, 0) is 116 Å². The minimum atomic E-state index is 0. The van der Waals surface area contributed by atoms with E-state index < -0.39 is 0 Å². The Bertz CT molecular complexity index is 678. The second kappa shape index (κ2) is 7.81. The minimum Gasteiger partial charge on any atom is -0.103 e. The summed E-state index contributed by atoms with van der Waals surface area (Å²) >= 11 is 0. The molecule has 30 heavy (non-hydrogen) atoms. The minimum absolute atomic E-state index is 0. The van der Waals surface area contributed by atoms with Crippen LogP contribution in [0.1, 0.15) is 121 Å². The highest BCUT2D eigenvalue weighted by Gasteiger charge is 2.62. The van der Waals surface area contributed by atoms with Crippen molar-refractivity contribution in [1.82, 2.24) is 0 Å². The largest absolute Gasteiger partial charge is 0.103 e. The highest BCUT2D eigenvalue weighted by molar-refractivity contribution is 5.18. The Morgan fingerprint density at radius 3 is 2.23 bits per heavy atom. The Morgan fingerprint density at radius 2 is 1.60 bits per heavy atom. The fourth-order valence-electron chi connectivity index (χ4n) is 9.94. The zero-order valence-corrected chi connectivity index (χ0v) is 21.0. The maximum atomic E-state index is 4.50. The van der Waals surface area contributed by atoms with Crippen LogP contribution >= 0.6 is 0 Å². The Balaban J connectivity index is 0.00000181. The molecule has 4 saturated carbocycles. The summed E-state index contributed by atoms with van der Waals surface area (Å²) < 4.78 is 0. The van der Waals surface area contributed by atoms with Crippen molar-refractivity contribution >= 4 is 0 Å². The number of hydrogen-bond donors (Lipinski definition) is 0. The van der Waals surface area contributed by atoms with Crippen molar-refractivity contribution in [1.29, 1.82) is 0 Å². The van der Waals surface area contributed by atoms with Gasteiger partial charge in [-0.1, -0.05) is 65.2 Å². The van der Waals surface area contributed by atoms with E-state index in [-0.39, 0.29) is 2.85 Å². The predicted octanol–water partition coefficient (Wildman–Crippen LogP) is 9.86. The smallest absolute Gasteiger partial charge is 0 e. The summed E-state index contributed by atoms with van der Waals surface area (Å²) in [4.78, 5) is 0. The predicted molar refractivity (Wildman–Crippen MR) is 136 cm³/mol.